The molecule has 16 heavy (non-hydrogen) atoms. The minimum atomic E-state index is -0.289. The molecule has 0 N–H and O–H groups in total. The lowest BCUT2D eigenvalue weighted by Gasteiger charge is -2.04. The average molecular weight is 211 g/mol. The van der Waals surface area contributed by atoms with Gasteiger partial charge in [-0.3, -0.25) is 0 Å². The van der Waals surface area contributed by atoms with E-state index in [0.29, 0.717) is 5.90 Å². The first-order valence-electron chi connectivity index (χ1n) is 5.08. The standard InChI is InChI=1S/C13H9NO2/c15-12-8-14-13(16-12)11-7-3-5-9-4-1-2-6-10(9)11/h1-7H,8H2. The number of nitrogens with zero attached hydrogens (tertiary/aromatic N) is 1. The lowest BCUT2D eigenvalue weighted by atomic mass is 10.0. The quantitative estimate of drug-likeness (QED) is 0.678. The topological polar surface area (TPSA) is 38.7 Å². The van der Waals surface area contributed by atoms with E-state index in [1.165, 1.54) is 0 Å². The van der Waals surface area contributed by atoms with Gasteiger partial charge in [0.1, 0.15) is 6.54 Å². The van der Waals surface area contributed by atoms with E-state index in [0.717, 1.165) is 16.3 Å². The van der Waals surface area contributed by atoms with Crippen molar-refractivity contribution >= 4 is 22.6 Å². The molecule has 2 aromatic rings. The van der Waals surface area contributed by atoms with Crippen molar-refractivity contribution in [2.75, 3.05) is 6.54 Å². The van der Waals surface area contributed by atoms with E-state index in [2.05, 4.69) is 4.99 Å². The first kappa shape index (κ1) is 9.09. The molecule has 78 valence electrons. The van der Waals surface area contributed by atoms with Gasteiger partial charge in [0.2, 0.25) is 5.90 Å². The highest BCUT2D eigenvalue weighted by molar-refractivity contribution is 6.12. The Morgan fingerprint density at radius 1 is 1.06 bits per heavy atom. The molecule has 0 spiro atoms. The molecule has 1 heterocycles. The first-order chi connectivity index (χ1) is 7.84. The summed E-state index contributed by atoms with van der Waals surface area (Å²) in [6.07, 6.45) is 0. The van der Waals surface area contributed by atoms with E-state index in [4.69, 9.17) is 4.74 Å². The number of hydrogen-bond donors (Lipinski definition) is 0. The van der Waals surface area contributed by atoms with Gasteiger partial charge in [0, 0.05) is 5.56 Å². The number of hydrogen-bond acceptors (Lipinski definition) is 3. The van der Waals surface area contributed by atoms with Crippen LogP contribution in [0.2, 0.25) is 0 Å². The summed E-state index contributed by atoms with van der Waals surface area (Å²) in [4.78, 5) is 15.1. The number of carbonyl (C=O) groups is 1. The van der Waals surface area contributed by atoms with E-state index in [1.807, 2.05) is 42.5 Å². The van der Waals surface area contributed by atoms with E-state index in [9.17, 15) is 4.79 Å². The molecule has 0 aromatic heterocycles. The summed E-state index contributed by atoms with van der Waals surface area (Å²) >= 11 is 0. The van der Waals surface area contributed by atoms with Crippen molar-refractivity contribution in [3.8, 4) is 0 Å². The fraction of sp³-hybridized carbons (Fsp3) is 0.0769. The number of cyclic esters (lactones) is 1. The molecule has 0 fully saturated rings. The number of benzene rings is 2. The van der Waals surface area contributed by atoms with Gasteiger partial charge < -0.3 is 4.74 Å². The number of carbonyl (C=O) groups excluding carboxylic acids is 1. The van der Waals surface area contributed by atoms with E-state index in [-0.39, 0.29) is 12.5 Å². The second-order valence-electron chi connectivity index (χ2n) is 3.62. The molecule has 0 bridgehead atoms. The Kier molecular flexibility index (Phi) is 1.96. The number of esters is 1. The Morgan fingerprint density at radius 2 is 1.88 bits per heavy atom. The van der Waals surface area contributed by atoms with Gasteiger partial charge in [-0.2, -0.15) is 0 Å². The molecule has 0 amide bonds. The highest BCUT2D eigenvalue weighted by Gasteiger charge is 2.19. The van der Waals surface area contributed by atoms with Crippen molar-refractivity contribution in [3.05, 3.63) is 48.0 Å². The SMILES string of the molecule is O=C1CN=C(c2cccc3ccccc23)O1. The van der Waals surface area contributed by atoms with Gasteiger partial charge in [-0.25, -0.2) is 9.79 Å². The maximum atomic E-state index is 11.0. The molecule has 1 aliphatic heterocycles. The third-order valence-electron chi connectivity index (χ3n) is 2.58. The van der Waals surface area contributed by atoms with Crippen LogP contribution in [0.15, 0.2) is 47.5 Å². The summed E-state index contributed by atoms with van der Waals surface area (Å²) in [7, 11) is 0. The highest BCUT2D eigenvalue weighted by atomic mass is 16.6. The fourth-order valence-electron chi connectivity index (χ4n) is 1.86. The zero-order chi connectivity index (χ0) is 11.0. The van der Waals surface area contributed by atoms with Crippen molar-refractivity contribution in [1.82, 2.24) is 0 Å². The summed E-state index contributed by atoms with van der Waals surface area (Å²) in [6.45, 7) is 0.124. The molecule has 0 aliphatic carbocycles. The van der Waals surface area contributed by atoms with Crippen molar-refractivity contribution < 1.29 is 9.53 Å². The highest BCUT2D eigenvalue weighted by Crippen LogP contribution is 2.20. The summed E-state index contributed by atoms with van der Waals surface area (Å²) in [5.74, 6) is 0.143. The molecule has 3 nitrogen and oxygen atoms in total. The maximum absolute atomic E-state index is 11.0. The number of aliphatic imine (C=N–C) groups is 1. The van der Waals surface area contributed by atoms with Crippen molar-refractivity contribution in [2.45, 2.75) is 0 Å². The molecule has 0 radical (unpaired) electrons. The molecule has 0 unspecified atom stereocenters. The Labute approximate surface area is 92.4 Å². The van der Waals surface area contributed by atoms with Crippen LogP contribution < -0.4 is 0 Å². The van der Waals surface area contributed by atoms with Crippen LogP contribution in [0.25, 0.3) is 10.8 Å². The molecule has 2 aromatic carbocycles. The minimum Gasteiger partial charge on any atom is -0.406 e. The van der Waals surface area contributed by atoms with Crippen LogP contribution in [-0.2, 0) is 9.53 Å². The largest absolute Gasteiger partial charge is 0.406 e. The van der Waals surface area contributed by atoms with Crippen LogP contribution in [0, 0.1) is 0 Å². The molecule has 3 rings (SSSR count). The van der Waals surface area contributed by atoms with E-state index < -0.39 is 0 Å². The lowest BCUT2D eigenvalue weighted by Crippen LogP contribution is -2.06. The molecule has 3 heteroatoms. The Balaban J connectivity index is 2.20. The van der Waals surface area contributed by atoms with Crippen LogP contribution in [0.3, 0.4) is 0 Å². The van der Waals surface area contributed by atoms with Gasteiger partial charge in [-0.05, 0) is 16.8 Å². The zero-order valence-electron chi connectivity index (χ0n) is 8.51. The fourth-order valence-corrected chi connectivity index (χ4v) is 1.86. The minimum absolute atomic E-state index is 0.124. The summed E-state index contributed by atoms with van der Waals surface area (Å²) in [6, 6.07) is 13.8. The molecule has 0 saturated carbocycles. The van der Waals surface area contributed by atoms with Crippen molar-refractivity contribution in [2.24, 2.45) is 4.99 Å². The van der Waals surface area contributed by atoms with Crippen molar-refractivity contribution in [1.29, 1.82) is 0 Å². The van der Waals surface area contributed by atoms with Gasteiger partial charge in [-0.15, -0.1) is 0 Å². The van der Waals surface area contributed by atoms with Crippen LogP contribution >= 0.6 is 0 Å². The zero-order valence-corrected chi connectivity index (χ0v) is 8.51. The second kappa shape index (κ2) is 3.45. The van der Waals surface area contributed by atoms with Crippen molar-refractivity contribution in [3.63, 3.8) is 0 Å². The second-order valence-corrected chi connectivity index (χ2v) is 3.62. The predicted molar refractivity (Wildman–Crippen MR) is 61.4 cm³/mol. The van der Waals surface area contributed by atoms with Gasteiger partial charge >= 0.3 is 5.97 Å². The Morgan fingerprint density at radius 3 is 2.69 bits per heavy atom. The molecule has 0 atom stereocenters. The van der Waals surface area contributed by atoms with Crippen LogP contribution in [0.4, 0.5) is 0 Å². The van der Waals surface area contributed by atoms with Gasteiger partial charge in [0.15, 0.2) is 0 Å². The molecule has 1 aliphatic rings. The van der Waals surface area contributed by atoms with E-state index >= 15 is 0 Å². The van der Waals surface area contributed by atoms with Crippen LogP contribution in [0.1, 0.15) is 5.56 Å². The smallest absolute Gasteiger partial charge is 0.334 e. The van der Waals surface area contributed by atoms with Gasteiger partial charge in [0.05, 0.1) is 0 Å². The van der Waals surface area contributed by atoms with Gasteiger partial charge in [0.25, 0.3) is 0 Å². The summed E-state index contributed by atoms with van der Waals surface area (Å²) < 4.78 is 5.07. The average Bonchev–Trinajstić information content (AvgIpc) is 2.75. The third kappa shape index (κ3) is 1.37. The van der Waals surface area contributed by atoms with Crippen LogP contribution in [0.5, 0.6) is 0 Å². The van der Waals surface area contributed by atoms with E-state index in [1.54, 1.807) is 0 Å². The monoisotopic (exact) mass is 211 g/mol. The Bertz CT molecular complexity index is 596. The number of rotatable bonds is 1. The van der Waals surface area contributed by atoms with Gasteiger partial charge in [-0.1, -0.05) is 36.4 Å². The normalized spacial score (nSPS) is 15.0. The maximum Gasteiger partial charge on any atom is 0.334 e. The summed E-state index contributed by atoms with van der Waals surface area (Å²) in [5, 5.41) is 2.17. The lowest BCUT2D eigenvalue weighted by molar-refractivity contribution is -0.132. The Hall–Kier alpha value is -2.16. The number of fused-ring (bicyclic) bond motifs is 1. The summed E-state index contributed by atoms with van der Waals surface area (Å²) in [5.41, 5.74) is 0.879. The van der Waals surface area contributed by atoms with Crippen LogP contribution in [-0.4, -0.2) is 18.4 Å². The molecular weight excluding hydrogens is 202 g/mol. The first-order valence-corrected chi connectivity index (χ1v) is 5.08. The predicted octanol–water partition coefficient (Wildman–Crippen LogP) is 2.14. The number of ether oxygens (including phenoxy) is 1. The molecule has 0 saturated heterocycles. The molecular formula is C13H9NO2. The third-order valence-corrected chi connectivity index (χ3v) is 2.58.